The third-order valence-corrected chi connectivity index (χ3v) is 3.61. The number of nitro groups is 1. The predicted octanol–water partition coefficient (Wildman–Crippen LogP) is 3.81. The van der Waals surface area contributed by atoms with E-state index in [1.54, 1.807) is 0 Å². The molecule has 5 nitrogen and oxygen atoms in total. The van der Waals surface area contributed by atoms with Crippen LogP contribution in [-0.4, -0.2) is 14.7 Å². The molecule has 0 unspecified atom stereocenters. The summed E-state index contributed by atoms with van der Waals surface area (Å²) >= 11 is 2.97. The number of halogens is 2. The van der Waals surface area contributed by atoms with Crippen LogP contribution in [0.5, 0.6) is 0 Å². The highest BCUT2D eigenvalue weighted by molar-refractivity contribution is 9.10. The maximum Gasteiger partial charge on any atom is 0.296 e. The Kier molecular flexibility index (Phi) is 4.17. The van der Waals surface area contributed by atoms with Gasteiger partial charge in [-0.25, -0.2) is 9.07 Å². The van der Waals surface area contributed by atoms with Crippen molar-refractivity contribution in [2.24, 2.45) is 0 Å². The third-order valence-electron chi connectivity index (χ3n) is 3.00. The number of hydrogen-bond acceptors (Lipinski definition) is 3. The summed E-state index contributed by atoms with van der Waals surface area (Å²) in [5.74, 6) is -0.554. The Morgan fingerprint density at radius 3 is 2.60 bits per heavy atom. The first-order valence-corrected chi connectivity index (χ1v) is 6.98. The lowest BCUT2D eigenvalue weighted by atomic mass is 10.2. The molecule has 0 aliphatic rings. The lowest BCUT2D eigenvalue weighted by molar-refractivity contribution is -0.384. The fourth-order valence-corrected chi connectivity index (χ4v) is 2.28. The highest BCUT2D eigenvalue weighted by Crippen LogP contribution is 2.30. The Morgan fingerprint density at radius 2 is 2.05 bits per heavy atom. The topological polar surface area (TPSA) is 61.0 Å². The highest BCUT2D eigenvalue weighted by Gasteiger charge is 2.21. The van der Waals surface area contributed by atoms with E-state index in [9.17, 15) is 14.5 Å². The summed E-state index contributed by atoms with van der Waals surface area (Å²) in [6.07, 6.45) is 1.37. The minimum absolute atomic E-state index is 0.0638. The van der Waals surface area contributed by atoms with Gasteiger partial charge in [-0.05, 0) is 34.8 Å². The molecule has 2 aromatic rings. The van der Waals surface area contributed by atoms with Gasteiger partial charge < -0.3 is 0 Å². The summed E-state index contributed by atoms with van der Waals surface area (Å²) in [6.45, 7) is 3.87. The van der Waals surface area contributed by atoms with Gasteiger partial charge in [0.25, 0.3) is 5.69 Å². The van der Waals surface area contributed by atoms with Gasteiger partial charge in [0.15, 0.2) is 0 Å². The summed E-state index contributed by atoms with van der Waals surface area (Å²) < 4.78 is 15.2. The van der Waals surface area contributed by atoms with Crippen LogP contribution in [0, 0.1) is 15.9 Å². The molecule has 20 heavy (non-hydrogen) atoms. The normalized spacial score (nSPS) is 10.8. The van der Waals surface area contributed by atoms with E-state index < -0.39 is 10.7 Å². The van der Waals surface area contributed by atoms with E-state index in [1.165, 1.54) is 4.68 Å². The fraction of sp³-hybridized carbons (Fsp3) is 0.308. The Bertz CT molecular complexity index is 670. The summed E-state index contributed by atoms with van der Waals surface area (Å²) in [5.41, 5.74) is 1.59. The predicted molar refractivity (Wildman–Crippen MR) is 76.6 cm³/mol. The van der Waals surface area contributed by atoms with Gasteiger partial charge in [0, 0.05) is 17.8 Å². The molecule has 0 bridgehead atoms. The maximum atomic E-state index is 13.7. The quantitative estimate of drug-likeness (QED) is 0.627. The van der Waals surface area contributed by atoms with Crippen LogP contribution >= 0.6 is 15.9 Å². The van der Waals surface area contributed by atoms with E-state index in [1.807, 2.05) is 19.9 Å². The summed E-state index contributed by atoms with van der Waals surface area (Å²) in [6, 6.07) is 4.18. The van der Waals surface area contributed by atoms with Crippen LogP contribution in [0.25, 0.3) is 5.69 Å². The molecule has 106 valence electrons. The van der Waals surface area contributed by atoms with E-state index >= 15 is 0 Å². The monoisotopic (exact) mass is 341 g/mol. The van der Waals surface area contributed by atoms with E-state index in [0.717, 1.165) is 23.5 Å². The van der Waals surface area contributed by atoms with E-state index in [4.69, 9.17) is 0 Å². The second kappa shape index (κ2) is 5.70. The Labute approximate surface area is 123 Å². The fourth-order valence-electron chi connectivity index (χ4n) is 1.95. The van der Waals surface area contributed by atoms with Crippen molar-refractivity contribution in [3.05, 3.63) is 50.0 Å². The molecule has 0 amide bonds. The summed E-state index contributed by atoms with van der Waals surface area (Å²) in [7, 11) is 0. The van der Waals surface area contributed by atoms with Crippen molar-refractivity contribution in [2.45, 2.75) is 26.7 Å². The van der Waals surface area contributed by atoms with Crippen LogP contribution < -0.4 is 0 Å². The Morgan fingerprint density at radius 1 is 1.35 bits per heavy atom. The van der Waals surface area contributed by atoms with Crippen molar-refractivity contribution in [1.29, 1.82) is 0 Å². The van der Waals surface area contributed by atoms with Gasteiger partial charge in [0.1, 0.15) is 11.5 Å². The van der Waals surface area contributed by atoms with Crippen molar-refractivity contribution in [1.82, 2.24) is 9.78 Å². The van der Waals surface area contributed by atoms with E-state index in [2.05, 4.69) is 21.0 Å². The number of rotatable bonds is 4. The lowest BCUT2D eigenvalue weighted by Gasteiger charge is -2.07. The molecule has 1 aromatic heterocycles. The zero-order chi connectivity index (χ0) is 14.9. The molecular weight excluding hydrogens is 329 g/mol. The molecule has 0 saturated heterocycles. The van der Waals surface area contributed by atoms with Crippen molar-refractivity contribution >= 4 is 21.6 Å². The Hall–Kier alpha value is -1.76. The standard InChI is InChI=1S/C13H13BrFN3O2/c1-3-8-5-9(4-2)17(16-8)12-7-11(15)10(14)6-13(12)18(19)20/h5-7H,3-4H2,1-2H3. The lowest BCUT2D eigenvalue weighted by Crippen LogP contribution is -2.06. The Balaban J connectivity index is 2.71. The molecule has 7 heteroatoms. The minimum atomic E-state index is -0.554. The van der Waals surface area contributed by atoms with E-state index in [0.29, 0.717) is 12.8 Å². The van der Waals surface area contributed by atoms with Crippen LogP contribution in [0.4, 0.5) is 10.1 Å². The number of hydrogen-bond donors (Lipinski definition) is 0. The second-order valence-electron chi connectivity index (χ2n) is 4.26. The van der Waals surface area contributed by atoms with Gasteiger partial charge >= 0.3 is 0 Å². The van der Waals surface area contributed by atoms with Crippen molar-refractivity contribution in [2.75, 3.05) is 0 Å². The molecule has 0 saturated carbocycles. The average molecular weight is 342 g/mol. The van der Waals surface area contributed by atoms with Gasteiger partial charge in [-0.1, -0.05) is 13.8 Å². The number of benzene rings is 1. The molecule has 1 aromatic carbocycles. The smallest absolute Gasteiger partial charge is 0.258 e. The van der Waals surface area contributed by atoms with Gasteiger partial charge in [0.2, 0.25) is 0 Å². The van der Waals surface area contributed by atoms with Crippen LogP contribution in [0.1, 0.15) is 25.2 Å². The van der Waals surface area contributed by atoms with Gasteiger partial charge in [-0.15, -0.1) is 0 Å². The van der Waals surface area contributed by atoms with E-state index in [-0.39, 0.29) is 15.8 Å². The third kappa shape index (κ3) is 2.58. The molecule has 0 N–H and O–H groups in total. The molecular formula is C13H13BrFN3O2. The van der Waals surface area contributed by atoms with Crippen LogP contribution in [0.15, 0.2) is 22.7 Å². The maximum absolute atomic E-state index is 13.7. The second-order valence-corrected chi connectivity index (χ2v) is 5.11. The molecule has 0 atom stereocenters. The molecule has 0 fully saturated rings. The van der Waals surface area contributed by atoms with Gasteiger partial charge in [-0.2, -0.15) is 5.10 Å². The highest BCUT2D eigenvalue weighted by atomic mass is 79.9. The molecule has 0 aliphatic carbocycles. The minimum Gasteiger partial charge on any atom is -0.258 e. The summed E-state index contributed by atoms with van der Waals surface area (Å²) in [5, 5.41) is 15.5. The van der Waals surface area contributed by atoms with Crippen LogP contribution in [0.2, 0.25) is 0 Å². The van der Waals surface area contributed by atoms with Gasteiger partial charge in [0.05, 0.1) is 15.1 Å². The number of nitrogens with zero attached hydrogens (tertiary/aromatic N) is 3. The number of aromatic nitrogens is 2. The number of nitro benzene ring substituents is 1. The largest absolute Gasteiger partial charge is 0.296 e. The first-order valence-electron chi connectivity index (χ1n) is 6.19. The van der Waals surface area contributed by atoms with Crippen molar-refractivity contribution < 1.29 is 9.31 Å². The average Bonchev–Trinajstić information content (AvgIpc) is 2.84. The first kappa shape index (κ1) is 14.6. The van der Waals surface area contributed by atoms with Crippen LogP contribution in [0.3, 0.4) is 0 Å². The van der Waals surface area contributed by atoms with Crippen molar-refractivity contribution in [3.8, 4) is 5.69 Å². The van der Waals surface area contributed by atoms with Crippen LogP contribution in [-0.2, 0) is 12.8 Å². The molecule has 2 rings (SSSR count). The molecule has 0 aliphatic heterocycles. The molecule has 1 heterocycles. The molecule has 0 spiro atoms. The van der Waals surface area contributed by atoms with Crippen molar-refractivity contribution in [3.63, 3.8) is 0 Å². The summed E-state index contributed by atoms with van der Waals surface area (Å²) in [4.78, 5) is 10.6. The molecule has 0 radical (unpaired) electrons. The SMILES string of the molecule is CCc1cc(CC)n(-c2cc(F)c(Br)cc2[N+](=O)[O-])n1. The zero-order valence-electron chi connectivity index (χ0n) is 11.1. The zero-order valence-corrected chi connectivity index (χ0v) is 12.6. The number of aryl methyl sites for hydroxylation is 2. The van der Waals surface area contributed by atoms with Gasteiger partial charge in [-0.3, -0.25) is 10.1 Å². The first-order chi connectivity index (χ1) is 9.47.